The van der Waals surface area contributed by atoms with E-state index in [-0.39, 0.29) is 0 Å². The van der Waals surface area contributed by atoms with E-state index in [1.54, 1.807) is 0 Å². The van der Waals surface area contributed by atoms with Crippen LogP contribution >= 0.6 is 0 Å². The molecule has 0 radical (unpaired) electrons. The highest BCUT2D eigenvalue weighted by Crippen LogP contribution is 2.21. The molecular weight excluding hydrogens is 178 g/mol. The van der Waals surface area contributed by atoms with Crippen molar-refractivity contribution in [2.75, 3.05) is 26.4 Å². The summed E-state index contributed by atoms with van der Waals surface area (Å²) in [5.74, 6) is 1.47. The Bertz CT molecular complexity index is 161. The second-order valence-electron chi connectivity index (χ2n) is 4.63. The van der Waals surface area contributed by atoms with Crippen molar-refractivity contribution in [3.05, 3.63) is 0 Å². The van der Waals surface area contributed by atoms with Gasteiger partial charge < -0.3 is 9.47 Å². The quantitative estimate of drug-likeness (QED) is 0.729. The van der Waals surface area contributed by atoms with Gasteiger partial charge in [-0.05, 0) is 31.1 Å². The molecule has 2 heterocycles. The molecule has 82 valence electrons. The first-order valence-corrected chi connectivity index (χ1v) is 5.77. The summed E-state index contributed by atoms with van der Waals surface area (Å²) in [7, 11) is 0. The molecular formula is C11H21NO2. The fourth-order valence-corrected chi connectivity index (χ4v) is 2.17. The number of rotatable bonds is 2. The van der Waals surface area contributed by atoms with E-state index in [4.69, 9.17) is 9.47 Å². The van der Waals surface area contributed by atoms with Crippen LogP contribution in [0.2, 0.25) is 0 Å². The zero-order valence-corrected chi connectivity index (χ0v) is 9.00. The lowest BCUT2D eigenvalue weighted by atomic mass is 9.95. The van der Waals surface area contributed by atoms with Gasteiger partial charge in [-0.25, -0.2) is 0 Å². The Hall–Kier alpha value is -0.120. The molecule has 2 fully saturated rings. The highest BCUT2D eigenvalue weighted by atomic mass is 16.5. The van der Waals surface area contributed by atoms with Crippen LogP contribution in [0.5, 0.6) is 0 Å². The van der Waals surface area contributed by atoms with Crippen LogP contribution in [-0.4, -0.2) is 32.6 Å². The van der Waals surface area contributed by atoms with E-state index < -0.39 is 0 Å². The second-order valence-corrected chi connectivity index (χ2v) is 4.63. The first kappa shape index (κ1) is 10.4. The molecule has 2 rings (SSSR count). The average molecular weight is 199 g/mol. The van der Waals surface area contributed by atoms with Gasteiger partial charge in [-0.1, -0.05) is 6.92 Å². The molecule has 0 aromatic heterocycles. The third-order valence-electron chi connectivity index (χ3n) is 3.16. The molecule has 3 heteroatoms. The molecule has 1 N–H and O–H groups in total. The van der Waals surface area contributed by atoms with E-state index in [0.29, 0.717) is 12.1 Å². The lowest BCUT2D eigenvalue weighted by molar-refractivity contribution is -0.0461. The fourth-order valence-electron chi connectivity index (χ4n) is 2.17. The summed E-state index contributed by atoms with van der Waals surface area (Å²) < 4.78 is 11.1. The average Bonchev–Trinajstić information content (AvgIpc) is 2.23. The summed E-state index contributed by atoms with van der Waals surface area (Å²) in [6.07, 6.45) is 3.87. The van der Waals surface area contributed by atoms with Crippen LogP contribution in [0.4, 0.5) is 0 Å². The molecule has 0 spiro atoms. The van der Waals surface area contributed by atoms with Crippen LogP contribution in [0.25, 0.3) is 0 Å². The summed E-state index contributed by atoms with van der Waals surface area (Å²) in [6.45, 7) is 6.12. The number of hydrogen-bond donors (Lipinski definition) is 1. The smallest absolute Gasteiger partial charge is 0.108 e. The van der Waals surface area contributed by atoms with Gasteiger partial charge in [-0.15, -0.1) is 0 Å². The maximum Gasteiger partial charge on any atom is 0.108 e. The summed E-state index contributed by atoms with van der Waals surface area (Å²) in [4.78, 5) is 0. The van der Waals surface area contributed by atoms with Gasteiger partial charge in [0.2, 0.25) is 0 Å². The lowest BCUT2D eigenvalue weighted by Crippen LogP contribution is -2.43. The van der Waals surface area contributed by atoms with Crippen molar-refractivity contribution >= 4 is 0 Å². The van der Waals surface area contributed by atoms with Crippen LogP contribution in [-0.2, 0) is 9.47 Å². The lowest BCUT2D eigenvalue weighted by Gasteiger charge is -2.32. The van der Waals surface area contributed by atoms with E-state index in [2.05, 4.69) is 12.2 Å². The van der Waals surface area contributed by atoms with Crippen molar-refractivity contribution in [1.29, 1.82) is 0 Å². The number of hydrogen-bond acceptors (Lipinski definition) is 3. The Morgan fingerprint density at radius 1 is 1.29 bits per heavy atom. The highest BCUT2D eigenvalue weighted by molar-refractivity contribution is 4.72. The van der Waals surface area contributed by atoms with Crippen molar-refractivity contribution in [3.63, 3.8) is 0 Å². The zero-order chi connectivity index (χ0) is 9.80. The van der Waals surface area contributed by atoms with Crippen molar-refractivity contribution in [2.45, 2.75) is 32.4 Å². The summed E-state index contributed by atoms with van der Waals surface area (Å²) in [5, 5.41) is 3.45. The molecule has 3 nitrogen and oxygen atoms in total. The standard InChI is InChI=1S/C11H21NO2/c1-9-7-12-11(14-8-9)6-10-2-4-13-5-3-10/h9-12H,2-8H2,1H3. The SMILES string of the molecule is CC1CNC(CC2CCOCC2)OC1. The minimum absolute atomic E-state index is 0.300. The molecule has 2 atom stereocenters. The van der Waals surface area contributed by atoms with Gasteiger partial charge in [-0.2, -0.15) is 0 Å². The summed E-state index contributed by atoms with van der Waals surface area (Å²) in [6, 6.07) is 0. The van der Waals surface area contributed by atoms with E-state index in [1.165, 1.54) is 12.8 Å². The van der Waals surface area contributed by atoms with E-state index in [0.717, 1.165) is 38.7 Å². The molecule has 2 unspecified atom stereocenters. The Morgan fingerprint density at radius 3 is 2.71 bits per heavy atom. The molecule has 0 aromatic rings. The van der Waals surface area contributed by atoms with Crippen LogP contribution in [0.15, 0.2) is 0 Å². The Labute approximate surface area is 86.2 Å². The molecule has 0 aliphatic carbocycles. The van der Waals surface area contributed by atoms with Gasteiger partial charge in [0, 0.05) is 19.8 Å². The molecule has 2 aliphatic rings. The predicted octanol–water partition coefficient (Wildman–Crippen LogP) is 1.39. The van der Waals surface area contributed by atoms with E-state index in [9.17, 15) is 0 Å². The van der Waals surface area contributed by atoms with E-state index >= 15 is 0 Å². The van der Waals surface area contributed by atoms with Crippen molar-refractivity contribution in [1.82, 2.24) is 5.32 Å². The molecule has 2 saturated heterocycles. The molecule has 0 saturated carbocycles. The number of ether oxygens (including phenoxy) is 2. The van der Waals surface area contributed by atoms with Gasteiger partial charge in [0.1, 0.15) is 6.23 Å². The molecule has 2 aliphatic heterocycles. The van der Waals surface area contributed by atoms with Crippen LogP contribution in [0, 0.1) is 11.8 Å². The van der Waals surface area contributed by atoms with E-state index in [1.807, 2.05) is 0 Å². The third-order valence-corrected chi connectivity index (χ3v) is 3.16. The minimum atomic E-state index is 0.300. The Morgan fingerprint density at radius 2 is 2.07 bits per heavy atom. The van der Waals surface area contributed by atoms with Gasteiger partial charge >= 0.3 is 0 Å². The highest BCUT2D eigenvalue weighted by Gasteiger charge is 2.22. The van der Waals surface area contributed by atoms with Gasteiger partial charge in [-0.3, -0.25) is 5.32 Å². The minimum Gasteiger partial charge on any atom is -0.381 e. The third kappa shape index (κ3) is 2.94. The zero-order valence-electron chi connectivity index (χ0n) is 9.00. The summed E-state index contributed by atoms with van der Waals surface area (Å²) >= 11 is 0. The topological polar surface area (TPSA) is 30.5 Å². The summed E-state index contributed by atoms with van der Waals surface area (Å²) in [5.41, 5.74) is 0. The van der Waals surface area contributed by atoms with Crippen LogP contribution in [0.3, 0.4) is 0 Å². The van der Waals surface area contributed by atoms with Crippen molar-refractivity contribution in [2.24, 2.45) is 11.8 Å². The number of nitrogens with one attached hydrogen (secondary N) is 1. The monoisotopic (exact) mass is 199 g/mol. The Balaban J connectivity index is 1.68. The molecule has 0 aromatic carbocycles. The maximum atomic E-state index is 5.74. The first-order valence-electron chi connectivity index (χ1n) is 5.77. The largest absolute Gasteiger partial charge is 0.381 e. The van der Waals surface area contributed by atoms with Crippen molar-refractivity contribution < 1.29 is 9.47 Å². The molecule has 0 bridgehead atoms. The molecule has 14 heavy (non-hydrogen) atoms. The van der Waals surface area contributed by atoms with Gasteiger partial charge in [0.15, 0.2) is 0 Å². The predicted molar refractivity (Wildman–Crippen MR) is 55.1 cm³/mol. The fraction of sp³-hybridized carbons (Fsp3) is 1.00. The first-order chi connectivity index (χ1) is 6.84. The second kappa shape index (κ2) is 5.10. The van der Waals surface area contributed by atoms with Gasteiger partial charge in [0.05, 0.1) is 6.61 Å². The normalized spacial score (nSPS) is 35.8. The molecule has 0 amide bonds. The van der Waals surface area contributed by atoms with Gasteiger partial charge in [0.25, 0.3) is 0 Å². The van der Waals surface area contributed by atoms with Crippen LogP contribution in [0.1, 0.15) is 26.2 Å². The van der Waals surface area contributed by atoms with Crippen LogP contribution < -0.4 is 5.32 Å². The Kier molecular flexibility index (Phi) is 3.79. The van der Waals surface area contributed by atoms with Crippen molar-refractivity contribution in [3.8, 4) is 0 Å². The maximum absolute atomic E-state index is 5.74.